The van der Waals surface area contributed by atoms with E-state index in [0.717, 1.165) is 0 Å². The highest BCUT2D eigenvalue weighted by Gasteiger charge is 2.19. The Morgan fingerprint density at radius 1 is 1.12 bits per heavy atom. The molecule has 2 N–H and O–H groups in total. The number of nitrogens with zero attached hydrogens (tertiary/aromatic N) is 3. The fraction of sp³-hybridized carbons (Fsp3) is 0.273. The van der Waals surface area contributed by atoms with Crippen LogP contribution >= 0.6 is 23.4 Å². The molecule has 0 aliphatic carbocycles. The Bertz CT molecular complexity index is 1140. The Hall–Kier alpha value is -3.24. The number of carbonyl (C=O) groups excluding carboxylic acids is 2. The quantitative estimate of drug-likeness (QED) is 0.441. The van der Waals surface area contributed by atoms with Crippen molar-refractivity contribution < 1.29 is 19.1 Å². The van der Waals surface area contributed by atoms with E-state index in [1.807, 2.05) is 6.92 Å². The molecule has 0 bridgehead atoms. The highest BCUT2D eigenvalue weighted by molar-refractivity contribution is 7.99. The van der Waals surface area contributed by atoms with Gasteiger partial charge < -0.3 is 24.7 Å². The zero-order chi connectivity index (χ0) is 24.0. The van der Waals surface area contributed by atoms with Crippen LogP contribution in [0.4, 0.5) is 5.69 Å². The minimum absolute atomic E-state index is 0.105. The summed E-state index contributed by atoms with van der Waals surface area (Å²) < 4.78 is 12.1. The number of ether oxygens (including phenoxy) is 2. The summed E-state index contributed by atoms with van der Waals surface area (Å²) >= 11 is 7.23. The second-order valence-corrected chi connectivity index (χ2v) is 8.38. The van der Waals surface area contributed by atoms with Crippen molar-refractivity contribution in [3.63, 3.8) is 0 Å². The van der Waals surface area contributed by atoms with E-state index in [1.54, 1.807) is 61.2 Å². The normalized spacial score (nSPS) is 11.5. The number of rotatable bonds is 9. The van der Waals surface area contributed by atoms with Gasteiger partial charge in [0.25, 0.3) is 5.91 Å². The van der Waals surface area contributed by atoms with Crippen molar-refractivity contribution in [1.29, 1.82) is 0 Å². The van der Waals surface area contributed by atoms with Crippen LogP contribution in [-0.4, -0.2) is 46.6 Å². The second-order valence-electron chi connectivity index (χ2n) is 7.00. The van der Waals surface area contributed by atoms with Crippen LogP contribution in [0.5, 0.6) is 11.5 Å². The lowest BCUT2D eigenvalue weighted by Crippen LogP contribution is -2.28. The minimum Gasteiger partial charge on any atom is -0.497 e. The van der Waals surface area contributed by atoms with E-state index >= 15 is 0 Å². The van der Waals surface area contributed by atoms with Crippen molar-refractivity contribution in [2.24, 2.45) is 7.05 Å². The van der Waals surface area contributed by atoms with E-state index in [2.05, 4.69) is 20.8 Å². The topological polar surface area (TPSA) is 107 Å². The Kier molecular flexibility index (Phi) is 8.18. The third-order valence-electron chi connectivity index (χ3n) is 4.72. The molecule has 174 valence electrons. The largest absolute Gasteiger partial charge is 0.497 e. The van der Waals surface area contributed by atoms with Crippen LogP contribution in [0.15, 0.2) is 47.6 Å². The van der Waals surface area contributed by atoms with Gasteiger partial charge in [-0.2, -0.15) is 0 Å². The number of halogens is 1. The van der Waals surface area contributed by atoms with Crippen molar-refractivity contribution in [2.45, 2.75) is 18.1 Å². The molecule has 33 heavy (non-hydrogen) atoms. The van der Waals surface area contributed by atoms with Crippen LogP contribution in [-0.2, 0) is 11.8 Å². The first-order chi connectivity index (χ1) is 15.8. The Morgan fingerprint density at radius 3 is 2.52 bits per heavy atom. The molecule has 2 aromatic carbocycles. The number of nitrogens with one attached hydrogen (secondary N) is 2. The van der Waals surface area contributed by atoms with Crippen LogP contribution < -0.4 is 20.1 Å². The molecule has 0 aliphatic rings. The van der Waals surface area contributed by atoms with Gasteiger partial charge in [0.1, 0.15) is 11.5 Å². The lowest BCUT2D eigenvalue weighted by Gasteiger charge is -2.14. The van der Waals surface area contributed by atoms with E-state index in [0.29, 0.717) is 38.8 Å². The molecule has 1 aromatic heterocycles. The number of thioether (sulfide) groups is 1. The molecule has 0 radical (unpaired) electrons. The maximum atomic E-state index is 12.5. The van der Waals surface area contributed by atoms with E-state index in [4.69, 9.17) is 21.1 Å². The lowest BCUT2D eigenvalue weighted by molar-refractivity contribution is -0.113. The second kappa shape index (κ2) is 11.1. The standard InChI is InChI=1S/C22H24ClN5O4S/c1-13(24-21(30)14-5-8-16(31-3)9-6-14)20-26-27-22(28(20)2)33-12-19(29)25-17-11-15(23)7-10-18(17)32-4/h5-11,13H,12H2,1-4H3,(H,24,30)(H,25,29). The van der Waals surface area contributed by atoms with E-state index in [9.17, 15) is 9.59 Å². The summed E-state index contributed by atoms with van der Waals surface area (Å²) in [6.07, 6.45) is 0. The molecule has 1 atom stereocenters. The smallest absolute Gasteiger partial charge is 0.251 e. The molecule has 11 heteroatoms. The lowest BCUT2D eigenvalue weighted by atomic mass is 10.2. The van der Waals surface area contributed by atoms with Crippen LogP contribution in [0.1, 0.15) is 29.1 Å². The number of aromatic nitrogens is 3. The molecule has 0 saturated heterocycles. The summed E-state index contributed by atoms with van der Waals surface area (Å²) in [5.74, 6) is 1.38. The molecule has 0 spiro atoms. The summed E-state index contributed by atoms with van der Waals surface area (Å²) in [5.41, 5.74) is 0.997. The Morgan fingerprint density at radius 2 is 1.85 bits per heavy atom. The molecule has 0 saturated carbocycles. The zero-order valence-electron chi connectivity index (χ0n) is 18.6. The first-order valence-corrected chi connectivity index (χ1v) is 11.3. The maximum absolute atomic E-state index is 12.5. The average molecular weight is 490 g/mol. The first kappa shape index (κ1) is 24.4. The fourth-order valence-electron chi connectivity index (χ4n) is 3.01. The van der Waals surface area contributed by atoms with Crippen molar-refractivity contribution in [2.75, 3.05) is 25.3 Å². The van der Waals surface area contributed by atoms with Crippen molar-refractivity contribution >= 4 is 40.9 Å². The number of methoxy groups -OCH3 is 2. The third kappa shape index (κ3) is 6.17. The number of anilines is 1. The molecular weight excluding hydrogens is 466 g/mol. The molecule has 0 aliphatic heterocycles. The first-order valence-electron chi connectivity index (χ1n) is 9.92. The fourth-order valence-corrected chi connectivity index (χ4v) is 3.90. The summed E-state index contributed by atoms with van der Waals surface area (Å²) in [7, 11) is 4.87. The Labute approximate surface area is 200 Å². The summed E-state index contributed by atoms with van der Waals surface area (Å²) in [6.45, 7) is 1.82. The monoisotopic (exact) mass is 489 g/mol. The SMILES string of the molecule is COc1ccc(C(=O)NC(C)c2nnc(SCC(=O)Nc3cc(Cl)ccc3OC)n2C)cc1. The van der Waals surface area contributed by atoms with Gasteiger partial charge in [0.2, 0.25) is 5.91 Å². The van der Waals surface area contributed by atoms with Gasteiger partial charge in [0.15, 0.2) is 11.0 Å². The molecule has 1 heterocycles. The molecule has 3 rings (SSSR count). The number of hydrogen-bond acceptors (Lipinski definition) is 7. The van der Waals surface area contributed by atoms with Crippen molar-refractivity contribution in [3.05, 3.63) is 58.9 Å². The Balaban J connectivity index is 1.59. The molecule has 2 amide bonds. The van der Waals surface area contributed by atoms with E-state index < -0.39 is 6.04 Å². The van der Waals surface area contributed by atoms with E-state index in [1.165, 1.54) is 18.9 Å². The predicted molar refractivity (Wildman–Crippen MR) is 127 cm³/mol. The van der Waals surface area contributed by atoms with Crippen LogP contribution in [0.3, 0.4) is 0 Å². The summed E-state index contributed by atoms with van der Waals surface area (Å²) in [5, 5.41) is 15.0. The molecule has 1 unspecified atom stereocenters. The van der Waals surface area contributed by atoms with Crippen molar-refractivity contribution in [3.8, 4) is 11.5 Å². The van der Waals surface area contributed by atoms with Gasteiger partial charge in [-0.1, -0.05) is 23.4 Å². The highest BCUT2D eigenvalue weighted by Crippen LogP contribution is 2.28. The van der Waals surface area contributed by atoms with Gasteiger partial charge in [0.05, 0.1) is 31.7 Å². The molecule has 9 nitrogen and oxygen atoms in total. The molecular formula is C22H24ClN5O4S. The van der Waals surface area contributed by atoms with Gasteiger partial charge in [-0.15, -0.1) is 10.2 Å². The number of amides is 2. The van der Waals surface area contributed by atoms with Crippen LogP contribution in [0.25, 0.3) is 0 Å². The third-order valence-corrected chi connectivity index (χ3v) is 5.98. The minimum atomic E-state index is -0.393. The number of benzene rings is 2. The van der Waals surface area contributed by atoms with Gasteiger partial charge in [0, 0.05) is 17.6 Å². The van der Waals surface area contributed by atoms with Gasteiger partial charge >= 0.3 is 0 Å². The maximum Gasteiger partial charge on any atom is 0.251 e. The van der Waals surface area contributed by atoms with Gasteiger partial charge in [-0.05, 0) is 49.4 Å². The van der Waals surface area contributed by atoms with Crippen LogP contribution in [0, 0.1) is 0 Å². The highest BCUT2D eigenvalue weighted by atomic mass is 35.5. The molecule has 3 aromatic rings. The molecule has 0 fully saturated rings. The van der Waals surface area contributed by atoms with Gasteiger partial charge in [-0.25, -0.2) is 0 Å². The van der Waals surface area contributed by atoms with Crippen molar-refractivity contribution in [1.82, 2.24) is 20.1 Å². The zero-order valence-corrected chi connectivity index (χ0v) is 20.2. The van der Waals surface area contributed by atoms with Crippen LogP contribution in [0.2, 0.25) is 5.02 Å². The summed E-state index contributed by atoms with van der Waals surface area (Å²) in [4.78, 5) is 24.9. The average Bonchev–Trinajstić information content (AvgIpc) is 3.18. The van der Waals surface area contributed by atoms with Gasteiger partial charge in [-0.3, -0.25) is 9.59 Å². The number of hydrogen-bond donors (Lipinski definition) is 2. The predicted octanol–water partition coefficient (Wildman–Crippen LogP) is 3.71. The summed E-state index contributed by atoms with van der Waals surface area (Å²) in [6, 6.07) is 11.4. The number of carbonyl (C=O) groups is 2. The van der Waals surface area contributed by atoms with E-state index in [-0.39, 0.29) is 17.6 Å².